The number of aryl methyl sites for hydroxylation is 1. The lowest BCUT2D eigenvalue weighted by Crippen LogP contribution is -2.43. The molecular formula is C19H29N3O3. The first-order valence-corrected chi connectivity index (χ1v) is 8.72. The van der Waals surface area contributed by atoms with E-state index in [1.807, 2.05) is 52.0 Å². The van der Waals surface area contributed by atoms with Gasteiger partial charge in [0, 0.05) is 18.7 Å². The fourth-order valence-electron chi connectivity index (χ4n) is 2.29. The van der Waals surface area contributed by atoms with Crippen molar-refractivity contribution in [1.82, 2.24) is 10.2 Å². The van der Waals surface area contributed by atoms with E-state index in [1.165, 1.54) is 0 Å². The summed E-state index contributed by atoms with van der Waals surface area (Å²) in [5, 5.41) is 5.28. The number of nitrogens with one attached hydrogen (secondary N) is 2. The van der Waals surface area contributed by atoms with E-state index in [1.54, 1.807) is 4.90 Å². The van der Waals surface area contributed by atoms with Crippen LogP contribution in [0.4, 0.5) is 5.69 Å². The van der Waals surface area contributed by atoms with Gasteiger partial charge in [0.05, 0.1) is 13.1 Å². The van der Waals surface area contributed by atoms with Gasteiger partial charge in [0.2, 0.25) is 17.7 Å². The van der Waals surface area contributed by atoms with Crippen LogP contribution in [0.15, 0.2) is 24.3 Å². The minimum atomic E-state index is -0.329. The lowest BCUT2D eigenvalue weighted by Gasteiger charge is -2.22. The Kier molecular flexibility index (Phi) is 8.67. The van der Waals surface area contributed by atoms with Crippen molar-refractivity contribution in [2.45, 2.75) is 40.5 Å². The van der Waals surface area contributed by atoms with Crippen LogP contribution in [-0.2, 0) is 14.4 Å². The molecule has 0 spiro atoms. The Balaban J connectivity index is 2.44. The summed E-state index contributed by atoms with van der Waals surface area (Å²) in [6.45, 7) is 8.27. The van der Waals surface area contributed by atoms with Gasteiger partial charge in [0.15, 0.2) is 0 Å². The number of carbonyl (C=O) groups excluding carboxylic acids is 3. The number of carbonyl (C=O) groups is 3. The number of benzene rings is 1. The van der Waals surface area contributed by atoms with E-state index >= 15 is 0 Å². The molecule has 3 amide bonds. The minimum absolute atomic E-state index is 0.0167. The molecule has 0 saturated heterocycles. The van der Waals surface area contributed by atoms with Gasteiger partial charge >= 0.3 is 0 Å². The highest BCUT2D eigenvalue weighted by Gasteiger charge is 2.17. The Morgan fingerprint density at radius 2 is 1.72 bits per heavy atom. The number of hydrogen-bond acceptors (Lipinski definition) is 3. The van der Waals surface area contributed by atoms with E-state index in [9.17, 15) is 14.4 Å². The number of amides is 3. The highest BCUT2D eigenvalue weighted by atomic mass is 16.2. The summed E-state index contributed by atoms with van der Waals surface area (Å²) in [6, 6.07) is 7.42. The largest absolute Gasteiger partial charge is 0.345 e. The lowest BCUT2D eigenvalue weighted by atomic mass is 10.1. The van der Waals surface area contributed by atoms with Crippen LogP contribution in [0, 0.1) is 12.8 Å². The molecule has 6 heteroatoms. The summed E-state index contributed by atoms with van der Waals surface area (Å²) >= 11 is 0. The van der Waals surface area contributed by atoms with Crippen LogP contribution in [0.25, 0.3) is 0 Å². The quantitative estimate of drug-likeness (QED) is 0.720. The molecule has 1 aromatic carbocycles. The molecule has 1 rings (SSSR count). The smallest absolute Gasteiger partial charge is 0.243 e. The molecule has 0 fully saturated rings. The van der Waals surface area contributed by atoms with Crippen LogP contribution in [0.5, 0.6) is 0 Å². The van der Waals surface area contributed by atoms with E-state index < -0.39 is 0 Å². The molecule has 0 unspecified atom stereocenters. The number of hydrogen-bond donors (Lipinski definition) is 2. The zero-order valence-electron chi connectivity index (χ0n) is 15.6. The molecule has 138 valence electrons. The average molecular weight is 347 g/mol. The number of nitrogens with zero attached hydrogens (tertiary/aromatic N) is 1. The van der Waals surface area contributed by atoms with E-state index in [-0.39, 0.29) is 36.7 Å². The van der Waals surface area contributed by atoms with E-state index in [4.69, 9.17) is 0 Å². The first-order chi connectivity index (χ1) is 11.8. The van der Waals surface area contributed by atoms with Gasteiger partial charge in [-0.2, -0.15) is 0 Å². The van der Waals surface area contributed by atoms with Gasteiger partial charge in [-0.15, -0.1) is 0 Å². The third-order valence-corrected chi connectivity index (χ3v) is 3.55. The van der Waals surface area contributed by atoms with Crippen LogP contribution < -0.4 is 10.6 Å². The molecule has 0 heterocycles. The van der Waals surface area contributed by atoms with Gasteiger partial charge in [-0.05, 0) is 31.4 Å². The van der Waals surface area contributed by atoms with Crippen molar-refractivity contribution in [2.75, 3.05) is 25.0 Å². The Morgan fingerprint density at radius 3 is 2.28 bits per heavy atom. The van der Waals surface area contributed by atoms with Crippen molar-refractivity contribution in [2.24, 2.45) is 5.92 Å². The number of anilines is 1. The lowest BCUT2D eigenvalue weighted by molar-refractivity contribution is -0.136. The zero-order valence-corrected chi connectivity index (χ0v) is 15.6. The van der Waals surface area contributed by atoms with Crippen molar-refractivity contribution >= 4 is 23.4 Å². The summed E-state index contributed by atoms with van der Waals surface area (Å²) in [7, 11) is 0. The molecule has 1 aromatic rings. The minimum Gasteiger partial charge on any atom is -0.345 e. The zero-order chi connectivity index (χ0) is 18.8. The number of rotatable bonds is 9. The van der Waals surface area contributed by atoms with Crippen molar-refractivity contribution in [1.29, 1.82) is 0 Å². The van der Waals surface area contributed by atoms with Crippen LogP contribution in [-0.4, -0.2) is 42.3 Å². The molecule has 0 aliphatic carbocycles. The van der Waals surface area contributed by atoms with E-state index in [0.717, 1.165) is 12.0 Å². The van der Waals surface area contributed by atoms with Gasteiger partial charge < -0.3 is 15.5 Å². The van der Waals surface area contributed by atoms with Crippen molar-refractivity contribution in [3.63, 3.8) is 0 Å². The van der Waals surface area contributed by atoms with Crippen molar-refractivity contribution < 1.29 is 14.4 Å². The summed E-state index contributed by atoms with van der Waals surface area (Å²) < 4.78 is 0. The first-order valence-electron chi connectivity index (χ1n) is 8.72. The Hall–Kier alpha value is -2.37. The highest BCUT2D eigenvalue weighted by Crippen LogP contribution is 2.08. The monoisotopic (exact) mass is 347 g/mol. The highest BCUT2D eigenvalue weighted by molar-refractivity contribution is 5.95. The molecule has 0 atom stereocenters. The van der Waals surface area contributed by atoms with Gasteiger partial charge in [-0.3, -0.25) is 14.4 Å². The van der Waals surface area contributed by atoms with Crippen LogP contribution >= 0.6 is 0 Å². The van der Waals surface area contributed by atoms with Gasteiger partial charge in [-0.1, -0.05) is 38.5 Å². The summed E-state index contributed by atoms with van der Waals surface area (Å²) in [4.78, 5) is 37.6. The summed E-state index contributed by atoms with van der Waals surface area (Å²) in [5.74, 6) is -0.413. The molecule has 0 aliphatic heterocycles. The molecule has 0 aliphatic rings. The molecule has 0 bridgehead atoms. The van der Waals surface area contributed by atoms with Crippen LogP contribution in [0.3, 0.4) is 0 Å². The Bertz CT molecular complexity index is 582. The fourth-order valence-corrected chi connectivity index (χ4v) is 2.29. The van der Waals surface area contributed by atoms with Crippen molar-refractivity contribution in [3.8, 4) is 0 Å². The maximum atomic E-state index is 12.2. The SMILES string of the molecule is CCCN(CC(=O)NCC(=O)Nc1ccc(C)cc1)C(=O)CC(C)C. The van der Waals surface area contributed by atoms with Gasteiger partial charge in [0.25, 0.3) is 0 Å². The maximum Gasteiger partial charge on any atom is 0.243 e. The second kappa shape index (κ2) is 10.5. The van der Waals surface area contributed by atoms with Crippen molar-refractivity contribution in [3.05, 3.63) is 29.8 Å². The fraction of sp³-hybridized carbons (Fsp3) is 0.526. The molecule has 0 aromatic heterocycles. The molecular weight excluding hydrogens is 318 g/mol. The molecule has 2 N–H and O–H groups in total. The standard InChI is InChI=1S/C19H29N3O3/c1-5-10-22(19(25)11-14(2)3)13-18(24)20-12-17(23)21-16-8-6-15(4)7-9-16/h6-9,14H,5,10-13H2,1-4H3,(H,20,24)(H,21,23). The third kappa shape index (κ3) is 8.33. The Morgan fingerprint density at radius 1 is 1.08 bits per heavy atom. The second-order valence-electron chi connectivity index (χ2n) is 6.60. The predicted molar refractivity (Wildman–Crippen MR) is 99.1 cm³/mol. The molecule has 6 nitrogen and oxygen atoms in total. The molecule has 0 radical (unpaired) electrons. The van der Waals surface area contributed by atoms with Crippen LogP contribution in [0.2, 0.25) is 0 Å². The molecule has 0 saturated carbocycles. The first kappa shape index (κ1) is 20.7. The predicted octanol–water partition coefficient (Wildman–Crippen LogP) is 2.33. The average Bonchev–Trinajstić information content (AvgIpc) is 2.54. The van der Waals surface area contributed by atoms with E-state index in [2.05, 4.69) is 10.6 Å². The molecule has 25 heavy (non-hydrogen) atoms. The summed E-state index contributed by atoms with van der Waals surface area (Å²) in [5.41, 5.74) is 1.79. The van der Waals surface area contributed by atoms with Crippen LogP contribution in [0.1, 0.15) is 39.2 Å². The topological polar surface area (TPSA) is 78.5 Å². The summed E-state index contributed by atoms with van der Waals surface area (Å²) in [6.07, 6.45) is 1.20. The third-order valence-electron chi connectivity index (χ3n) is 3.55. The second-order valence-corrected chi connectivity index (χ2v) is 6.60. The Labute approximate surface area is 150 Å². The van der Waals surface area contributed by atoms with Gasteiger partial charge in [-0.25, -0.2) is 0 Å². The van der Waals surface area contributed by atoms with Gasteiger partial charge in [0.1, 0.15) is 0 Å². The van der Waals surface area contributed by atoms with E-state index in [0.29, 0.717) is 18.7 Å². The normalized spacial score (nSPS) is 10.4. The maximum absolute atomic E-state index is 12.2.